The van der Waals surface area contributed by atoms with Crippen molar-refractivity contribution in [2.45, 2.75) is 12.6 Å². The second-order valence-electron chi connectivity index (χ2n) is 3.21. The average molecular weight is 202 g/mol. The Bertz CT molecular complexity index is 286. The highest BCUT2D eigenvalue weighted by molar-refractivity contribution is 6.31. The molecule has 0 amide bonds. The van der Waals surface area contributed by atoms with Gasteiger partial charge in [0.2, 0.25) is 0 Å². The third-order valence-corrected chi connectivity index (χ3v) is 2.27. The Hall–Kier alpha value is -0.600. The quantitative estimate of drug-likeness (QED) is 0.793. The predicted octanol–water partition coefficient (Wildman–Crippen LogP) is 2.74. The maximum Gasteiger partial charge on any atom is 0.147 e. The summed E-state index contributed by atoms with van der Waals surface area (Å²) in [5.74, 6) is 0. The van der Waals surface area contributed by atoms with Gasteiger partial charge in [-0.25, -0.2) is 4.39 Å². The van der Waals surface area contributed by atoms with Crippen molar-refractivity contribution in [2.24, 2.45) is 0 Å². The molecule has 1 aromatic rings. The summed E-state index contributed by atoms with van der Waals surface area (Å²) in [6, 6.07) is 6.99. The highest BCUT2D eigenvalue weighted by atomic mass is 35.5. The Balaban J connectivity index is 2.99. The van der Waals surface area contributed by atoms with Gasteiger partial charge < -0.3 is 5.32 Å². The maximum absolute atomic E-state index is 13.9. The van der Waals surface area contributed by atoms with Crippen molar-refractivity contribution in [3.63, 3.8) is 0 Å². The van der Waals surface area contributed by atoms with Crippen LogP contribution < -0.4 is 5.32 Å². The highest BCUT2D eigenvalue weighted by Crippen LogP contribution is 2.30. The molecule has 0 aliphatic rings. The van der Waals surface area contributed by atoms with Crippen LogP contribution in [0.5, 0.6) is 0 Å². The largest absolute Gasteiger partial charge is 0.316 e. The summed E-state index contributed by atoms with van der Waals surface area (Å²) < 4.78 is 13.9. The molecule has 3 heteroatoms. The second kappa shape index (κ2) is 4.07. The number of alkyl halides is 1. The molecular formula is C10H13ClFN. The van der Waals surface area contributed by atoms with Gasteiger partial charge in [0.1, 0.15) is 5.67 Å². The normalized spacial score (nSPS) is 15.4. The first kappa shape index (κ1) is 10.5. The standard InChI is InChI=1S/C10H13ClFN/c1-10(12,7-13-2)8-5-3-4-6-9(8)11/h3-6,13H,7H2,1-2H3. The van der Waals surface area contributed by atoms with Gasteiger partial charge in [-0.1, -0.05) is 29.8 Å². The van der Waals surface area contributed by atoms with Crippen molar-refractivity contribution in [1.82, 2.24) is 5.32 Å². The Morgan fingerprint density at radius 1 is 1.46 bits per heavy atom. The smallest absolute Gasteiger partial charge is 0.147 e. The number of halogens is 2. The van der Waals surface area contributed by atoms with E-state index in [1.807, 2.05) is 0 Å². The van der Waals surface area contributed by atoms with Gasteiger partial charge in [0.05, 0.1) is 0 Å². The monoisotopic (exact) mass is 201 g/mol. The molecule has 1 atom stereocenters. The zero-order valence-corrected chi connectivity index (χ0v) is 8.53. The van der Waals surface area contributed by atoms with E-state index >= 15 is 0 Å². The molecule has 0 spiro atoms. The molecule has 13 heavy (non-hydrogen) atoms. The van der Waals surface area contributed by atoms with E-state index in [1.54, 1.807) is 31.3 Å². The minimum Gasteiger partial charge on any atom is -0.316 e. The molecule has 0 fully saturated rings. The van der Waals surface area contributed by atoms with Crippen molar-refractivity contribution < 1.29 is 4.39 Å². The zero-order chi connectivity index (χ0) is 9.90. The van der Waals surface area contributed by atoms with Gasteiger partial charge in [0, 0.05) is 17.1 Å². The van der Waals surface area contributed by atoms with Crippen LogP contribution in [-0.2, 0) is 5.67 Å². The van der Waals surface area contributed by atoms with E-state index in [0.29, 0.717) is 10.6 Å². The summed E-state index contributed by atoms with van der Waals surface area (Å²) in [6.07, 6.45) is 0. The molecule has 0 aliphatic heterocycles. The number of hydrogen-bond acceptors (Lipinski definition) is 1. The first-order valence-electron chi connectivity index (χ1n) is 4.16. The number of rotatable bonds is 3. The molecule has 0 saturated heterocycles. The topological polar surface area (TPSA) is 12.0 Å². The van der Waals surface area contributed by atoms with Gasteiger partial charge in [-0.2, -0.15) is 0 Å². The van der Waals surface area contributed by atoms with Crippen LogP contribution in [-0.4, -0.2) is 13.6 Å². The molecule has 72 valence electrons. The van der Waals surface area contributed by atoms with E-state index in [0.717, 1.165) is 0 Å². The lowest BCUT2D eigenvalue weighted by Crippen LogP contribution is -2.29. The summed E-state index contributed by atoms with van der Waals surface area (Å²) >= 11 is 5.88. The van der Waals surface area contributed by atoms with Gasteiger partial charge in [0.25, 0.3) is 0 Å². The van der Waals surface area contributed by atoms with Crippen LogP contribution in [0.4, 0.5) is 4.39 Å². The van der Waals surface area contributed by atoms with E-state index in [9.17, 15) is 4.39 Å². The molecule has 1 N–H and O–H groups in total. The molecule has 0 bridgehead atoms. The van der Waals surface area contributed by atoms with Crippen molar-refractivity contribution in [3.8, 4) is 0 Å². The minimum absolute atomic E-state index is 0.261. The molecule has 0 saturated carbocycles. The van der Waals surface area contributed by atoms with E-state index in [4.69, 9.17) is 11.6 Å². The molecule has 0 aliphatic carbocycles. The molecule has 1 rings (SSSR count). The second-order valence-corrected chi connectivity index (χ2v) is 3.61. The van der Waals surface area contributed by atoms with Crippen LogP contribution in [0.2, 0.25) is 5.02 Å². The average Bonchev–Trinajstić information content (AvgIpc) is 2.04. The van der Waals surface area contributed by atoms with Crippen LogP contribution in [0.3, 0.4) is 0 Å². The Morgan fingerprint density at radius 2 is 2.08 bits per heavy atom. The van der Waals surface area contributed by atoms with Gasteiger partial charge in [-0.15, -0.1) is 0 Å². The lowest BCUT2D eigenvalue weighted by Gasteiger charge is -2.21. The van der Waals surface area contributed by atoms with Gasteiger partial charge >= 0.3 is 0 Å². The first-order valence-corrected chi connectivity index (χ1v) is 4.54. The molecule has 1 nitrogen and oxygen atoms in total. The van der Waals surface area contributed by atoms with Crippen molar-refractivity contribution >= 4 is 11.6 Å². The Kier molecular flexibility index (Phi) is 3.28. The Labute approximate surface area is 82.9 Å². The first-order chi connectivity index (χ1) is 6.08. The van der Waals surface area contributed by atoms with Crippen LogP contribution in [0.15, 0.2) is 24.3 Å². The van der Waals surface area contributed by atoms with Crippen LogP contribution in [0.25, 0.3) is 0 Å². The fourth-order valence-corrected chi connectivity index (χ4v) is 1.64. The van der Waals surface area contributed by atoms with Crippen molar-refractivity contribution in [1.29, 1.82) is 0 Å². The summed E-state index contributed by atoms with van der Waals surface area (Å²) in [5.41, 5.74) is -0.876. The van der Waals surface area contributed by atoms with Gasteiger partial charge in [0.15, 0.2) is 0 Å². The minimum atomic E-state index is -1.41. The fraction of sp³-hybridized carbons (Fsp3) is 0.400. The van der Waals surface area contributed by atoms with Crippen LogP contribution >= 0.6 is 11.6 Å². The summed E-state index contributed by atoms with van der Waals surface area (Å²) in [6.45, 7) is 1.78. The number of benzene rings is 1. The predicted molar refractivity (Wildman–Crippen MR) is 53.8 cm³/mol. The van der Waals surface area contributed by atoms with E-state index in [1.165, 1.54) is 6.92 Å². The molecule has 1 unspecified atom stereocenters. The third-order valence-electron chi connectivity index (χ3n) is 1.94. The molecule has 1 aromatic carbocycles. The summed E-state index contributed by atoms with van der Waals surface area (Å²) in [7, 11) is 1.72. The highest BCUT2D eigenvalue weighted by Gasteiger charge is 2.26. The van der Waals surface area contributed by atoms with Crippen LogP contribution in [0.1, 0.15) is 12.5 Å². The van der Waals surface area contributed by atoms with Gasteiger partial charge in [-0.3, -0.25) is 0 Å². The van der Waals surface area contributed by atoms with Crippen molar-refractivity contribution in [3.05, 3.63) is 34.9 Å². The SMILES string of the molecule is CNCC(C)(F)c1ccccc1Cl. The van der Waals surface area contributed by atoms with Gasteiger partial charge in [-0.05, 0) is 20.0 Å². The number of likely N-dealkylation sites (N-methyl/N-ethyl adjacent to an activating group) is 1. The number of nitrogens with one attached hydrogen (secondary N) is 1. The third kappa shape index (κ3) is 2.42. The lowest BCUT2D eigenvalue weighted by atomic mass is 9.98. The zero-order valence-electron chi connectivity index (χ0n) is 7.77. The van der Waals surface area contributed by atoms with Crippen LogP contribution in [0, 0.1) is 0 Å². The molecule has 0 heterocycles. The summed E-state index contributed by atoms with van der Waals surface area (Å²) in [4.78, 5) is 0. The van der Waals surface area contributed by atoms with E-state index < -0.39 is 5.67 Å². The molecule has 0 radical (unpaired) electrons. The van der Waals surface area contributed by atoms with E-state index in [2.05, 4.69) is 5.32 Å². The molecular weight excluding hydrogens is 189 g/mol. The molecule has 0 aromatic heterocycles. The Morgan fingerprint density at radius 3 is 2.62 bits per heavy atom. The van der Waals surface area contributed by atoms with Crippen molar-refractivity contribution in [2.75, 3.05) is 13.6 Å². The maximum atomic E-state index is 13.9. The number of hydrogen-bond donors (Lipinski definition) is 1. The van der Waals surface area contributed by atoms with E-state index in [-0.39, 0.29) is 6.54 Å². The lowest BCUT2D eigenvalue weighted by molar-refractivity contribution is 0.191. The fourth-order valence-electron chi connectivity index (χ4n) is 1.31. The summed E-state index contributed by atoms with van der Waals surface area (Å²) in [5, 5.41) is 3.27.